The highest BCUT2D eigenvalue weighted by Gasteiger charge is 2.19. The van der Waals surface area contributed by atoms with E-state index in [2.05, 4.69) is 46.4 Å². The average Bonchev–Trinajstić information content (AvgIpc) is 3.00. The van der Waals surface area contributed by atoms with Crippen LogP contribution in [-0.4, -0.2) is 43.7 Å². The maximum atomic E-state index is 6.13. The van der Waals surface area contributed by atoms with Gasteiger partial charge in [-0.15, -0.1) is 0 Å². The van der Waals surface area contributed by atoms with E-state index in [4.69, 9.17) is 15.2 Å². The van der Waals surface area contributed by atoms with E-state index >= 15 is 0 Å². The first kappa shape index (κ1) is 20.5. The van der Waals surface area contributed by atoms with E-state index in [0.29, 0.717) is 25.1 Å². The van der Waals surface area contributed by atoms with Gasteiger partial charge in [-0.25, -0.2) is 0 Å². The van der Waals surface area contributed by atoms with Crippen molar-refractivity contribution in [1.82, 2.24) is 4.90 Å². The van der Waals surface area contributed by atoms with Crippen LogP contribution in [0, 0.1) is 12.8 Å². The van der Waals surface area contributed by atoms with E-state index in [1.807, 2.05) is 18.2 Å². The second-order valence-corrected chi connectivity index (χ2v) is 8.27. The van der Waals surface area contributed by atoms with Gasteiger partial charge in [-0.1, -0.05) is 29.8 Å². The van der Waals surface area contributed by atoms with Crippen LogP contribution in [0.2, 0.25) is 0 Å². The van der Waals surface area contributed by atoms with Crippen LogP contribution in [-0.2, 0) is 6.54 Å². The van der Waals surface area contributed by atoms with Crippen LogP contribution >= 0.6 is 0 Å². The maximum absolute atomic E-state index is 6.13. The molecule has 2 aliphatic heterocycles. The fourth-order valence-corrected chi connectivity index (χ4v) is 3.93. The first-order valence-electron chi connectivity index (χ1n) is 10.9. The smallest absolute Gasteiger partial charge is 0.193 e. The zero-order valence-corrected chi connectivity index (χ0v) is 17.8. The molecule has 0 amide bonds. The Morgan fingerprint density at radius 1 is 1.07 bits per heavy atom. The summed E-state index contributed by atoms with van der Waals surface area (Å²) in [5.74, 6) is 2.58. The molecule has 6 heteroatoms. The number of hydrogen-bond donors (Lipinski definition) is 2. The molecule has 2 aliphatic rings. The summed E-state index contributed by atoms with van der Waals surface area (Å²) in [4.78, 5) is 7.12. The molecule has 3 N–H and O–H groups in total. The topological polar surface area (TPSA) is 72.1 Å². The first-order chi connectivity index (χ1) is 14.7. The fourth-order valence-electron chi connectivity index (χ4n) is 3.93. The third-order valence-corrected chi connectivity index (χ3v) is 5.77. The molecule has 2 aromatic carbocycles. The number of aliphatic imine (C=N–C) groups is 1. The Balaban J connectivity index is 1.23. The van der Waals surface area contributed by atoms with Crippen molar-refractivity contribution < 1.29 is 9.47 Å². The summed E-state index contributed by atoms with van der Waals surface area (Å²) in [6.07, 6.45) is 3.21. The molecule has 0 aromatic heterocycles. The molecule has 0 bridgehead atoms. The van der Waals surface area contributed by atoms with Gasteiger partial charge in [-0.2, -0.15) is 0 Å². The Labute approximate surface area is 179 Å². The standard InChI is InChI=1S/C24H32N4O2/c1-18-3-5-20(6-4-18)17-28-11-9-19(10-12-28)16-26-24(25)27-21-7-8-22-23(15-21)30-14-2-13-29-22/h3-8,15,19H,2,9-14,16-17H2,1H3,(H3,25,26,27). The molecule has 2 aromatic rings. The Hall–Kier alpha value is -2.73. The van der Waals surface area contributed by atoms with E-state index in [-0.39, 0.29) is 0 Å². The summed E-state index contributed by atoms with van der Waals surface area (Å²) in [7, 11) is 0. The van der Waals surface area contributed by atoms with Gasteiger partial charge in [0.05, 0.1) is 13.2 Å². The molecular formula is C24H32N4O2. The lowest BCUT2D eigenvalue weighted by atomic mass is 9.96. The quantitative estimate of drug-likeness (QED) is 0.582. The van der Waals surface area contributed by atoms with Gasteiger partial charge >= 0.3 is 0 Å². The van der Waals surface area contributed by atoms with Gasteiger partial charge < -0.3 is 20.5 Å². The number of nitrogens with one attached hydrogen (secondary N) is 1. The molecule has 0 aliphatic carbocycles. The van der Waals surface area contributed by atoms with Crippen LogP contribution in [0.15, 0.2) is 47.5 Å². The lowest BCUT2D eigenvalue weighted by molar-refractivity contribution is 0.180. The highest BCUT2D eigenvalue weighted by molar-refractivity contribution is 5.92. The third-order valence-electron chi connectivity index (χ3n) is 5.77. The van der Waals surface area contributed by atoms with E-state index in [1.54, 1.807) is 0 Å². The van der Waals surface area contributed by atoms with Crippen molar-refractivity contribution >= 4 is 11.6 Å². The predicted octanol–water partition coefficient (Wildman–Crippen LogP) is 3.80. The van der Waals surface area contributed by atoms with E-state index in [9.17, 15) is 0 Å². The predicted molar refractivity (Wildman–Crippen MR) is 121 cm³/mol. The number of hydrogen-bond acceptors (Lipinski definition) is 4. The van der Waals surface area contributed by atoms with Crippen molar-refractivity contribution in [3.8, 4) is 11.5 Å². The van der Waals surface area contributed by atoms with Gasteiger partial charge in [-0.3, -0.25) is 9.89 Å². The fraction of sp³-hybridized carbons (Fsp3) is 0.458. The number of anilines is 1. The van der Waals surface area contributed by atoms with Crippen LogP contribution in [0.1, 0.15) is 30.4 Å². The van der Waals surface area contributed by atoms with Crippen molar-refractivity contribution in [3.63, 3.8) is 0 Å². The molecular weight excluding hydrogens is 376 g/mol. The highest BCUT2D eigenvalue weighted by Crippen LogP contribution is 2.32. The van der Waals surface area contributed by atoms with Crippen molar-refractivity contribution in [1.29, 1.82) is 0 Å². The first-order valence-corrected chi connectivity index (χ1v) is 10.9. The van der Waals surface area contributed by atoms with Crippen molar-refractivity contribution in [2.45, 2.75) is 32.7 Å². The van der Waals surface area contributed by atoms with Crippen LogP contribution in [0.25, 0.3) is 0 Å². The number of aryl methyl sites for hydroxylation is 1. The lowest BCUT2D eigenvalue weighted by Crippen LogP contribution is -2.34. The Morgan fingerprint density at radius 3 is 2.57 bits per heavy atom. The normalized spacial score (nSPS) is 18.1. The van der Waals surface area contributed by atoms with E-state index < -0.39 is 0 Å². The molecule has 4 rings (SSSR count). The minimum atomic E-state index is 0.451. The molecule has 30 heavy (non-hydrogen) atoms. The van der Waals surface area contributed by atoms with Crippen molar-refractivity contribution in [3.05, 3.63) is 53.6 Å². The molecule has 2 heterocycles. The van der Waals surface area contributed by atoms with Crippen molar-refractivity contribution in [2.24, 2.45) is 16.6 Å². The number of piperidine rings is 1. The largest absolute Gasteiger partial charge is 0.490 e. The molecule has 1 saturated heterocycles. The molecule has 0 spiro atoms. The zero-order chi connectivity index (χ0) is 20.8. The van der Waals surface area contributed by atoms with Crippen LogP contribution in [0.4, 0.5) is 5.69 Å². The SMILES string of the molecule is Cc1ccc(CN2CCC(CN=C(N)Nc3ccc4c(c3)OCCCO4)CC2)cc1. The molecule has 0 saturated carbocycles. The second kappa shape index (κ2) is 9.85. The average molecular weight is 409 g/mol. The van der Waals surface area contributed by atoms with Crippen LogP contribution in [0.3, 0.4) is 0 Å². The van der Waals surface area contributed by atoms with Gasteiger partial charge in [-0.05, 0) is 56.5 Å². The molecule has 6 nitrogen and oxygen atoms in total. The van der Waals surface area contributed by atoms with Crippen LogP contribution < -0.4 is 20.5 Å². The number of benzene rings is 2. The molecule has 160 valence electrons. The Morgan fingerprint density at radius 2 is 1.80 bits per heavy atom. The molecule has 0 atom stereocenters. The number of nitrogens with two attached hydrogens (primary N) is 1. The van der Waals surface area contributed by atoms with Gasteiger partial charge in [0, 0.05) is 31.3 Å². The van der Waals surface area contributed by atoms with Crippen molar-refractivity contribution in [2.75, 3.05) is 38.2 Å². The molecule has 0 radical (unpaired) electrons. The van der Waals surface area contributed by atoms with Crippen LogP contribution in [0.5, 0.6) is 11.5 Å². The minimum absolute atomic E-state index is 0.451. The zero-order valence-electron chi connectivity index (χ0n) is 17.8. The number of ether oxygens (including phenoxy) is 2. The summed E-state index contributed by atoms with van der Waals surface area (Å²) < 4.78 is 11.4. The lowest BCUT2D eigenvalue weighted by Gasteiger charge is -2.31. The van der Waals surface area contributed by atoms with E-state index in [1.165, 1.54) is 11.1 Å². The van der Waals surface area contributed by atoms with E-state index in [0.717, 1.165) is 62.6 Å². The van der Waals surface area contributed by atoms with Gasteiger partial charge in [0.15, 0.2) is 17.5 Å². The number of rotatable bonds is 5. The van der Waals surface area contributed by atoms with Gasteiger partial charge in [0.1, 0.15) is 0 Å². The highest BCUT2D eigenvalue weighted by atomic mass is 16.5. The Bertz CT molecular complexity index is 858. The minimum Gasteiger partial charge on any atom is -0.490 e. The number of fused-ring (bicyclic) bond motifs is 1. The Kier molecular flexibility index (Phi) is 6.74. The third kappa shape index (κ3) is 5.66. The van der Waals surface area contributed by atoms with Gasteiger partial charge in [0.25, 0.3) is 0 Å². The number of guanidine groups is 1. The summed E-state index contributed by atoms with van der Waals surface area (Å²) in [5.41, 5.74) is 9.70. The number of nitrogens with zero attached hydrogens (tertiary/aromatic N) is 2. The monoisotopic (exact) mass is 408 g/mol. The summed E-state index contributed by atoms with van der Waals surface area (Å²) >= 11 is 0. The molecule has 0 unspecified atom stereocenters. The summed E-state index contributed by atoms with van der Waals surface area (Å²) in [6.45, 7) is 7.51. The summed E-state index contributed by atoms with van der Waals surface area (Å²) in [6, 6.07) is 14.6. The molecule has 1 fully saturated rings. The number of likely N-dealkylation sites (tertiary alicyclic amines) is 1. The summed E-state index contributed by atoms with van der Waals surface area (Å²) in [5, 5.41) is 3.18. The second-order valence-electron chi connectivity index (χ2n) is 8.27. The maximum Gasteiger partial charge on any atom is 0.193 e. The van der Waals surface area contributed by atoms with Gasteiger partial charge in [0.2, 0.25) is 0 Å².